The Bertz CT molecular complexity index is 1260. The van der Waals surface area contributed by atoms with Crippen molar-refractivity contribution >= 4 is 21.4 Å². The van der Waals surface area contributed by atoms with Crippen LogP contribution in [0.25, 0.3) is 0 Å². The predicted octanol–water partition coefficient (Wildman–Crippen LogP) is 4.45. The number of nitrogens with one attached hydrogen (secondary N) is 1. The summed E-state index contributed by atoms with van der Waals surface area (Å²) >= 11 is 0. The van der Waals surface area contributed by atoms with E-state index in [9.17, 15) is 13.2 Å². The van der Waals surface area contributed by atoms with Crippen LogP contribution in [0.4, 0.5) is 5.69 Å². The smallest absolute Gasteiger partial charge is 0.225 e. The molecule has 0 bridgehead atoms. The van der Waals surface area contributed by atoms with Crippen LogP contribution < -0.4 is 24.3 Å². The monoisotopic (exact) mass is 483 g/mol. The van der Waals surface area contributed by atoms with Gasteiger partial charge in [-0.1, -0.05) is 12.1 Å². The zero-order chi connectivity index (χ0) is 24.0. The summed E-state index contributed by atoms with van der Waals surface area (Å²) in [7, 11) is -3.69. The predicted molar refractivity (Wildman–Crippen MR) is 127 cm³/mol. The molecule has 0 aromatic heterocycles. The van der Waals surface area contributed by atoms with Crippen LogP contribution in [0.15, 0.2) is 71.6 Å². The Labute approximate surface area is 198 Å². The van der Waals surface area contributed by atoms with Crippen molar-refractivity contribution < 1.29 is 32.2 Å². The fourth-order valence-corrected chi connectivity index (χ4v) is 4.58. The van der Waals surface area contributed by atoms with Crippen molar-refractivity contribution in [3.63, 3.8) is 0 Å². The van der Waals surface area contributed by atoms with Crippen molar-refractivity contribution in [2.45, 2.75) is 18.2 Å². The number of benzene rings is 3. The van der Waals surface area contributed by atoms with E-state index in [1.54, 1.807) is 54.6 Å². The number of sulfone groups is 1. The summed E-state index contributed by atoms with van der Waals surface area (Å²) in [6, 6.07) is 18.5. The van der Waals surface area contributed by atoms with Crippen molar-refractivity contribution in [1.82, 2.24) is 0 Å². The van der Waals surface area contributed by atoms with Gasteiger partial charge in [-0.3, -0.25) is 4.79 Å². The number of fused-ring (bicyclic) bond motifs is 1. The van der Waals surface area contributed by atoms with Gasteiger partial charge >= 0.3 is 0 Å². The molecule has 0 unspecified atom stereocenters. The molecule has 0 atom stereocenters. The highest BCUT2D eigenvalue weighted by atomic mass is 32.2. The molecular weight excluding hydrogens is 458 g/mol. The number of anilines is 1. The summed E-state index contributed by atoms with van der Waals surface area (Å²) in [5.41, 5.74) is 0.443. The molecule has 8 nitrogen and oxygen atoms in total. The van der Waals surface area contributed by atoms with Gasteiger partial charge in [0.15, 0.2) is 27.1 Å². The van der Waals surface area contributed by atoms with E-state index < -0.39 is 15.7 Å². The van der Waals surface area contributed by atoms with Crippen LogP contribution in [0.3, 0.4) is 0 Å². The van der Waals surface area contributed by atoms with Crippen molar-refractivity contribution in [1.29, 1.82) is 0 Å². The van der Waals surface area contributed by atoms with Crippen LogP contribution in [0, 0.1) is 0 Å². The molecule has 9 heteroatoms. The Morgan fingerprint density at radius 2 is 1.65 bits per heavy atom. The zero-order valence-corrected chi connectivity index (χ0v) is 19.5. The number of carbonyl (C=O) groups is 1. The number of hydrogen-bond acceptors (Lipinski definition) is 7. The molecule has 0 saturated heterocycles. The van der Waals surface area contributed by atoms with Gasteiger partial charge in [0.05, 0.1) is 22.9 Å². The third-order valence-corrected chi connectivity index (χ3v) is 6.71. The maximum absolute atomic E-state index is 12.7. The lowest BCUT2D eigenvalue weighted by Gasteiger charge is -2.18. The standard InChI is InChI=1S/C25H25NO7S/c1-2-30-18-7-9-19(10-8-18)33-22-6-4-3-5-21(22)26-25(27)13-16-34(28,29)20-11-12-23-24(17-20)32-15-14-31-23/h3-12,17H,2,13-16H2,1H3,(H,26,27). The molecule has 0 radical (unpaired) electrons. The highest BCUT2D eigenvalue weighted by Gasteiger charge is 2.21. The molecule has 0 fully saturated rings. The summed E-state index contributed by atoms with van der Waals surface area (Å²) < 4.78 is 47.7. The largest absolute Gasteiger partial charge is 0.494 e. The zero-order valence-electron chi connectivity index (χ0n) is 18.7. The van der Waals surface area contributed by atoms with E-state index >= 15 is 0 Å². The summed E-state index contributed by atoms with van der Waals surface area (Å²) in [6.07, 6.45) is -0.214. The Balaban J connectivity index is 1.38. The van der Waals surface area contributed by atoms with Crippen LogP contribution in [0.2, 0.25) is 0 Å². The molecule has 0 aliphatic carbocycles. The topological polar surface area (TPSA) is 100 Å². The minimum atomic E-state index is -3.69. The SMILES string of the molecule is CCOc1ccc(Oc2ccccc2NC(=O)CCS(=O)(=O)c2ccc3c(c2)OCCO3)cc1. The maximum Gasteiger partial charge on any atom is 0.225 e. The van der Waals surface area contributed by atoms with Gasteiger partial charge in [0.1, 0.15) is 24.7 Å². The molecule has 3 aromatic rings. The van der Waals surface area contributed by atoms with Crippen LogP contribution in [-0.2, 0) is 14.6 Å². The molecule has 0 saturated carbocycles. The Morgan fingerprint density at radius 1 is 0.941 bits per heavy atom. The van der Waals surface area contributed by atoms with Crippen LogP contribution in [-0.4, -0.2) is 39.9 Å². The third-order valence-electron chi connectivity index (χ3n) is 4.99. The molecule has 3 aromatic carbocycles. The number of para-hydroxylation sites is 2. The Kier molecular flexibility index (Phi) is 7.22. The van der Waals surface area contributed by atoms with Gasteiger partial charge in [-0.2, -0.15) is 0 Å². The summed E-state index contributed by atoms with van der Waals surface area (Å²) in [5, 5.41) is 2.74. The van der Waals surface area contributed by atoms with E-state index in [2.05, 4.69) is 5.32 Å². The molecule has 1 aliphatic rings. The second kappa shape index (κ2) is 10.5. The lowest BCUT2D eigenvalue weighted by atomic mass is 10.2. The Morgan fingerprint density at radius 3 is 2.41 bits per heavy atom. The number of carbonyl (C=O) groups excluding carboxylic acids is 1. The fourth-order valence-electron chi connectivity index (χ4n) is 3.33. The number of amides is 1. The van der Waals surface area contributed by atoms with Gasteiger partial charge < -0.3 is 24.3 Å². The minimum absolute atomic E-state index is 0.0868. The first-order chi connectivity index (χ1) is 16.4. The van der Waals surface area contributed by atoms with Gasteiger partial charge in [0.2, 0.25) is 5.91 Å². The molecule has 1 heterocycles. The molecule has 178 valence electrons. The molecule has 4 rings (SSSR count). The second-order valence-corrected chi connectivity index (χ2v) is 9.53. The molecule has 1 aliphatic heterocycles. The van der Waals surface area contributed by atoms with Crippen molar-refractivity contribution in [2.24, 2.45) is 0 Å². The van der Waals surface area contributed by atoms with Gasteiger partial charge in [0.25, 0.3) is 0 Å². The van der Waals surface area contributed by atoms with Crippen LogP contribution in [0.5, 0.6) is 28.7 Å². The van der Waals surface area contributed by atoms with Crippen molar-refractivity contribution in [2.75, 3.05) is 30.9 Å². The third kappa shape index (κ3) is 5.79. The van der Waals surface area contributed by atoms with E-state index in [0.717, 1.165) is 5.75 Å². The first kappa shape index (κ1) is 23.4. The van der Waals surface area contributed by atoms with Gasteiger partial charge in [-0.15, -0.1) is 0 Å². The molecular formula is C25H25NO7S. The Hall–Kier alpha value is -3.72. The quantitative estimate of drug-likeness (QED) is 0.480. The summed E-state index contributed by atoms with van der Waals surface area (Å²) in [5.74, 6) is 1.85. The fraction of sp³-hybridized carbons (Fsp3) is 0.240. The minimum Gasteiger partial charge on any atom is -0.494 e. The highest BCUT2D eigenvalue weighted by molar-refractivity contribution is 7.91. The summed E-state index contributed by atoms with van der Waals surface area (Å²) in [4.78, 5) is 12.6. The van der Waals surface area contributed by atoms with Crippen LogP contribution >= 0.6 is 0 Å². The van der Waals surface area contributed by atoms with E-state index in [0.29, 0.717) is 48.5 Å². The van der Waals surface area contributed by atoms with E-state index in [4.69, 9.17) is 18.9 Å². The number of rotatable bonds is 9. The lowest BCUT2D eigenvalue weighted by Crippen LogP contribution is -2.19. The average Bonchev–Trinajstić information content (AvgIpc) is 2.85. The second-order valence-electron chi connectivity index (χ2n) is 7.43. The van der Waals surface area contributed by atoms with E-state index in [1.165, 1.54) is 12.1 Å². The average molecular weight is 484 g/mol. The van der Waals surface area contributed by atoms with Gasteiger partial charge in [0, 0.05) is 12.5 Å². The molecule has 34 heavy (non-hydrogen) atoms. The summed E-state index contributed by atoms with van der Waals surface area (Å²) in [6.45, 7) is 3.25. The van der Waals surface area contributed by atoms with Gasteiger partial charge in [-0.25, -0.2) is 8.42 Å². The molecule has 0 spiro atoms. The van der Waals surface area contributed by atoms with E-state index in [-0.39, 0.29) is 17.1 Å². The first-order valence-electron chi connectivity index (χ1n) is 10.9. The number of ether oxygens (including phenoxy) is 4. The van der Waals surface area contributed by atoms with Gasteiger partial charge in [-0.05, 0) is 55.5 Å². The van der Waals surface area contributed by atoms with Crippen molar-refractivity contribution in [3.8, 4) is 28.7 Å². The molecule has 1 amide bonds. The van der Waals surface area contributed by atoms with E-state index in [1.807, 2.05) is 6.92 Å². The first-order valence-corrected chi connectivity index (χ1v) is 12.5. The van der Waals surface area contributed by atoms with Crippen molar-refractivity contribution in [3.05, 3.63) is 66.7 Å². The van der Waals surface area contributed by atoms with Crippen LogP contribution in [0.1, 0.15) is 13.3 Å². The highest BCUT2D eigenvalue weighted by Crippen LogP contribution is 2.33. The molecule has 1 N–H and O–H groups in total. The maximum atomic E-state index is 12.7. The number of hydrogen-bond donors (Lipinski definition) is 1. The normalized spacial score (nSPS) is 12.6. The lowest BCUT2D eigenvalue weighted by molar-refractivity contribution is -0.115.